The predicted molar refractivity (Wildman–Crippen MR) is 94.8 cm³/mol. The van der Waals surface area contributed by atoms with Crippen LogP contribution in [-0.4, -0.2) is 41.6 Å². The van der Waals surface area contributed by atoms with Gasteiger partial charge < -0.3 is 15.3 Å². The minimum absolute atomic E-state index is 0.185. The molecule has 1 heterocycles. The van der Waals surface area contributed by atoms with Crippen molar-refractivity contribution in [2.75, 3.05) is 19.6 Å². The number of urea groups is 1. The number of carbonyl (C=O) groups is 2. The Labute approximate surface area is 151 Å². The molecule has 7 heteroatoms. The van der Waals surface area contributed by atoms with Crippen LogP contribution in [0, 0.1) is 5.92 Å². The van der Waals surface area contributed by atoms with Gasteiger partial charge in [0, 0.05) is 35.1 Å². The van der Waals surface area contributed by atoms with Gasteiger partial charge in [0.15, 0.2) is 0 Å². The van der Waals surface area contributed by atoms with E-state index >= 15 is 0 Å². The molecule has 132 valence electrons. The number of amides is 2. The van der Waals surface area contributed by atoms with Crippen molar-refractivity contribution in [3.63, 3.8) is 0 Å². The van der Waals surface area contributed by atoms with Crippen LogP contribution in [0.2, 0.25) is 10.0 Å². The highest BCUT2D eigenvalue weighted by Crippen LogP contribution is 2.35. The Kier molecular flexibility index (Phi) is 5.99. The summed E-state index contributed by atoms with van der Waals surface area (Å²) in [6.07, 6.45) is 0.977. The van der Waals surface area contributed by atoms with Gasteiger partial charge in [-0.25, -0.2) is 4.79 Å². The van der Waals surface area contributed by atoms with E-state index in [0.717, 1.165) is 5.56 Å². The van der Waals surface area contributed by atoms with Crippen LogP contribution in [0.25, 0.3) is 0 Å². The monoisotopic (exact) mass is 372 g/mol. The van der Waals surface area contributed by atoms with Crippen molar-refractivity contribution in [2.24, 2.45) is 5.92 Å². The Balaban J connectivity index is 1.95. The van der Waals surface area contributed by atoms with Gasteiger partial charge in [0.2, 0.25) is 0 Å². The lowest BCUT2D eigenvalue weighted by Crippen LogP contribution is -2.48. The van der Waals surface area contributed by atoms with Crippen LogP contribution in [0.5, 0.6) is 0 Å². The molecule has 0 aliphatic carbocycles. The lowest BCUT2D eigenvalue weighted by atomic mass is 9.84. The maximum atomic E-state index is 12.3. The van der Waals surface area contributed by atoms with E-state index < -0.39 is 11.4 Å². The first-order valence-corrected chi connectivity index (χ1v) is 8.68. The highest BCUT2D eigenvalue weighted by Gasteiger charge is 2.30. The van der Waals surface area contributed by atoms with E-state index in [2.05, 4.69) is 5.32 Å². The first-order chi connectivity index (χ1) is 11.2. The van der Waals surface area contributed by atoms with Crippen molar-refractivity contribution >= 4 is 35.2 Å². The van der Waals surface area contributed by atoms with E-state index in [9.17, 15) is 9.59 Å². The molecule has 2 N–H and O–H groups in total. The molecule has 1 fully saturated rings. The van der Waals surface area contributed by atoms with E-state index in [1.165, 1.54) is 0 Å². The zero-order valence-corrected chi connectivity index (χ0v) is 15.3. The van der Waals surface area contributed by atoms with Crippen molar-refractivity contribution in [1.82, 2.24) is 10.2 Å². The third-order valence-electron chi connectivity index (χ3n) is 4.45. The summed E-state index contributed by atoms with van der Waals surface area (Å²) in [5.41, 5.74) is 0.378. The molecule has 0 atom stereocenters. The number of likely N-dealkylation sites (tertiary alicyclic amines) is 1. The molecule has 0 spiro atoms. The van der Waals surface area contributed by atoms with Crippen LogP contribution in [0.4, 0.5) is 4.79 Å². The summed E-state index contributed by atoms with van der Waals surface area (Å²) in [7, 11) is 0. The number of hydrogen-bond acceptors (Lipinski definition) is 2. The second-order valence-corrected chi connectivity index (χ2v) is 7.55. The van der Waals surface area contributed by atoms with Gasteiger partial charge in [-0.2, -0.15) is 0 Å². The molecule has 5 nitrogen and oxygen atoms in total. The van der Waals surface area contributed by atoms with Crippen LogP contribution in [0.15, 0.2) is 18.2 Å². The van der Waals surface area contributed by atoms with Crippen LogP contribution < -0.4 is 5.32 Å². The highest BCUT2D eigenvalue weighted by atomic mass is 35.5. The average Bonchev–Trinajstić information content (AvgIpc) is 2.52. The zero-order valence-electron chi connectivity index (χ0n) is 13.8. The molecule has 1 aromatic rings. The summed E-state index contributed by atoms with van der Waals surface area (Å²) in [6.45, 7) is 5.23. The van der Waals surface area contributed by atoms with Gasteiger partial charge in [-0.15, -0.1) is 0 Å². The van der Waals surface area contributed by atoms with Crippen molar-refractivity contribution in [2.45, 2.75) is 32.1 Å². The van der Waals surface area contributed by atoms with Gasteiger partial charge in [-0.1, -0.05) is 43.1 Å². The molecule has 2 amide bonds. The van der Waals surface area contributed by atoms with Gasteiger partial charge >= 0.3 is 12.0 Å². The topological polar surface area (TPSA) is 69.6 Å². The number of hydrogen-bond donors (Lipinski definition) is 2. The molecular formula is C17H22Cl2N2O3. The molecule has 0 bridgehead atoms. The molecule has 0 saturated carbocycles. The third-order valence-corrected chi connectivity index (χ3v) is 5.08. The van der Waals surface area contributed by atoms with Crippen molar-refractivity contribution in [3.05, 3.63) is 33.8 Å². The van der Waals surface area contributed by atoms with E-state index in [0.29, 0.717) is 42.5 Å². The highest BCUT2D eigenvalue weighted by molar-refractivity contribution is 6.36. The summed E-state index contributed by atoms with van der Waals surface area (Å²) >= 11 is 12.5. The number of nitrogens with one attached hydrogen (secondary N) is 1. The quantitative estimate of drug-likeness (QED) is 0.844. The van der Waals surface area contributed by atoms with E-state index in [1.54, 1.807) is 23.1 Å². The van der Waals surface area contributed by atoms with Crippen molar-refractivity contribution in [3.8, 4) is 0 Å². The van der Waals surface area contributed by atoms with E-state index in [4.69, 9.17) is 28.3 Å². The van der Waals surface area contributed by atoms with Crippen molar-refractivity contribution in [1.29, 1.82) is 0 Å². The normalized spacial score (nSPS) is 16.1. The Morgan fingerprint density at radius 1 is 1.25 bits per heavy atom. The molecule has 0 aromatic heterocycles. The summed E-state index contributed by atoms with van der Waals surface area (Å²) in [6, 6.07) is 5.16. The van der Waals surface area contributed by atoms with Crippen LogP contribution in [-0.2, 0) is 10.2 Å². The van der Waals surface area contributed by atoms with E-state index in [-0.39, 0.29) is 11.9 Å². The summed E-state index contributed by atoms with van der Waals surface area (Å²) in [5, 5.41) is 13.1. The fourth-order valence-corrected chi connectivity index (χ4v) is 3.88. The molecule has 1 aromatic carbocycles. The summed E-state index contributed by atoms with van der Waals surface area (Å²) < 4.78 is 0. The smallest absolute Gasteiger partial charge is 0.317 e. The Morgan fingerprint density at radius 3 is 2.29 bits per heavy atom. The number of carboxylic acids is 1. The predicted octanol–water partition coefficient (Wildman–Crippen LogP) is 3.78. The fourth-order valence-electron chi connectivity index (χ4n) is 2.97. The first-order valence-electron chi connectivity index (χ1n) is 7.92. The number of carbonyl (C=O) groups excluding carboxylic acids is 1. The van der Waals surface area contributed by atoms with Crippen LogP contribution >= 0.6 is 23.2 Å². The standard InChI is InChI=1S/C17H22Cl2N2O3/c1-17(2,14-12(18)4-3-5-13(14)19)10-20-16(24)21-8-6-11(7-9-21)15(22)23/h3-5,11H,6-10H2,1-2H3,(H,20,24)(H,22,23). The van der Waals surface area contributed by atoms with Gasteiger partial charge in [0.25, 0.3) is 0 Å². The third kappa shape index (κ3) is 4.33. The number of nitrogens with zero attached hydrogens (tertiary/aromatic N) is 1. The Hall–Kier alpha value is -1.46. The molecular weight excluding hydrogens is 351 g/mol. The zero-order chi connectivity index (χ0) is 17.9. The largest absolute Gasteiger partial charge is 0.481 e. The number of piperidine rings is 1. The molecule has 0 unspecified atom stereocenters. The molecule has 1 saturated heterocycles. The van der Waals surface area contributed by atoms with Crippen molar-refractivity contribution < 1.29 is 14.7 Å². The maximum absolute atomic E-state index is 12.3. The van der Waals surface area contributed by atoms with Gasteiger partial charge in [0.05, 0.1) is 5.92 Å². The number of carboxylic acid groups (broad SMARTS) is 1. The summed E-state index contributed by atoms with van der Waals surface area (Å²) in [4.78, 5) is 24.9. The molecule has 1 aliphatic heterocycles. The SMILES string of the molecule is CC(C)(CNC(=O)N1CCC(C(=O)O)CC1)c1c(Cl)cccc1Cl. The number of benzene rings is 1. The number of halogens is 2. The lowest BCUT2D eigenvalue weighted by molar-refractivity contribution is -0.143. The fraction of sp³-hybridized carbons (Fsp3) is 0.529. The number of aliphatic carboxylic acids is 1. The maximum Gasteiger partial charge on any atom is 0.317 e. The van der Waals surface area contributed by atoms with Gasteiger partial charge in [0.1, 0.15) is 0 Å². The minimum Gasteiger partial charge on any atom is -0.481 e. The molecule has 0 radical (unpaired) electrons. The second-order valence-electron chi connectivity index (χ2n) is 6.74. The molecule has 1 aliphatic rings. The van der Waals surface area contributed by atoms with E-state index in [1.807, 2.05) is 13.8 Å². The Morgan fingerprint density at radius 2 is 1.79 bits per heavy atom. The second kappa shape index (κ2) is 7.62. The van der Waals surface area contributed by atoms with Gasteiger partial charge in [-0.05, 0) is 30.5 Å². The minimum atomic E-state index is -0.787. The summed E-state index contributed by atoms with van der Waals surface area (Å²) in [5.74, 6) is -1.14. The molecule has 24 heavy (non-hydrogen) atoms. The van der Waals surface area contributed by atoms with Gasteiger partial charge in [-0.3, -0.25) is 4.79 Å². The number of rotatable bonds is 4. The first kappa shape index (κ1) is 18.9. The average molecular weight is 373 g/mol. The van der Waals surface area contributed by atoms with Crippen LogP contribution in [0.1, 0.15) is 32.3 Å². The lowest BCUT2D eigenvalue weighted by Gasteiger charge is -2.32. The molecule has 2 rings (SSSR count). The Bertz CT molecular complexity index is 606. The van der Waals surface area contributed by atoms with Crippen LogP contribution in [0.3, 0.4) is 0 Å².